The fraction of sp³-hybridized carbons (Fsp3) is 0.600. The van der Waals surface area contributed by atoms with Gasteiger partial charge in [0.25, 0.3) is 0 Å². The van der Waals surface area contributed by atoms with E-state index in [2.05, 4.69) is 4.98 Å². The standard InChI is InChI=1S/C10H17N3O4/c14-7-9(15)6-13(10(16)17)4-1-3-12-5-2-11-8-12/h2,5,8-9,14-15H,1,3-4,6-7H2,(H,16,17). The van der Waals surface area contributed by atoms with Crippen molar-refractivity contribution >= 4 is 6.09 Å². The summed E-state index contributed by atoms with van der Waals surface area (Å²) in [6, 6.07) is 0. The van der Waals surface area contributed by atoms with Crippen molar-refractivity contribution in [1.29, 1.82) is 0 Å². The Balaban J connectivity index is 2.31. The molecule has 1 rings (SSSR count). The molecule has 3 N–H and O–H groups in total. The molecule has 0 aliphatic rings. The maximum atomic E-state index is 10.9. The first-order chi connectivity index (χ1) is 8.13. The lowest BCUT2D eigenvalue weighted by Crippen LogP contribution is -2.38. The van der Waals surface area contributed by atoms with Crippen LogP contribution in [0.4, 0.5) is 4.79 Å². The molecular weight excluding hydrogens is 226 g/mol. The number of hydrogen-bond acceptors (Lipinski definition) is 4. The number of rotatable bonds is 7. The van der Waals surface area contributed by atoms with Crippen molar-refractivity contribution in [2.75, 3.05) is 19.7 Å². The zero-order chi connectivity index (χ0) is 12.7. The summed E-state index contributed by atoms with van der Waals surface area (Å²) in [6.45, 7) is 0.463. The molecule has 0 aromatic carbocycles. The van der Waals surface area contributed by atoms with Crippen LogP contribution in [0.1, 0.15) is 6.42 Å². The van der Waals surface area contributed by atoms with E-state index in [1.54, 1.807) is 18.7 Å². The minimum absolute atomic E-state index is 0.0736. The Morgan fingerprint density at radius 3 is 2.82 bits per heavy atom. The lowest BCUT2D eigenvalue weighted by atomic mass is 10.3. The van der Waals surface area contributed by atoms with Crippen molar-refractivity contribution in [3.05, 3.63) is 18.7 Å². The number of aryl methyl sites for hydroxylation is 1. The summed E-state index contributed by atoms with van der Waals surface area (Å²) >= 11 is 0. The predicted octanol–water partition coefficient (Wildman–Crippen LogP) is -0.394. The molecule has 0 saturated carbocycles. The lowest BCUT2D eigenvalue weighted by molar-refractivity contribution is 0.0570. The third-order valence-electron chi connectivity index (χ3n) is 2.32. The lowest BCUT2D eigenvalue weighted by Gasteiger charge is -2.21. The average molecular weight is 243 g/mol. The molecular formula is C10H17N3O4. The Hall–Kier alpha value is -1.60. The van der Waals surface area contributed by atoms with Crippen molar-refractivity contribution in [3.8, 4) is 0 Å². The molecule has 1 aromatic rings. The van der Waals surface area contributed by atoms with Gasteiger partial charge in [-0.1, -0.05) is 0 Å². The number of imidazole rings is 1. The topological polar surface area (TPSA) is 98.8 Å². The van der Waals surface area contributed by atoms with E-state index < -0.39 is 18.8 Å². The van der Waals surface area contributed by atoms with E-state index in [1.807, 2.05) is 4.57 Å². The smallest absolute Gasteiger partial charge is 0.407 e. The monoisotopic (exact) mass is 243 g/mol. The molecule has 17 heavy (non-hydrogen) atoms. The number of hydrogen-bond donors (Lipinski definition) is 3. The van der Waals surface area contributed by atoms with Gasteiger partial charge in [0.2, 0.25) is 0 Å². The normalized spacial score (nSPS) is 12.4. The van der Waals surface area contributed by atoms with Crippen LogP contribution in [-0.4, -0.2) is 61.7 Å². The summed E-state index contributed by atoms with van der Waals surface area (Å²) in [7, 11) is 0. The summed E-state index contributed by atoms with van der Waals surface area (Å²) in [6.07, 6.45) is 3.62. The summed E-state index contributed by atoms with van der Waals surface area (Å²) in [5.41, 5.74) is 0. The Morgan fingerprint density at radius 2 is 2.29 bits per heavy atom. The SMILES string of the molecule is O=C(O)N(CCCn1ccnc1)CC(O)CO. The minimum atomic E-state index is -1.09. The quantitative estimate of drug-likeness (QED) is 0.605. The number of amides is 1. The van der Waals surface area contributed by atoms with Gasteiger partial charge < -0.3 is 24.8 Å². The largest absolute Gasteiger partial charge is 0.465 e. The molecule has 0 fully saturated rings. The molecule has 1 amide bonds. The van der Waals surface area contributed by atoms with Gasteiger partial charge in [0, 0.05) is 25.5 Å². The highest BCUT2D eigenvalue weighted by atomic mass is 16.4. The molecule has 0 radical (unpaired) electrons. The van der Waals surface area contributed by atoms with Crippen LogP contribution >= 0.6 is 0 Å². The molecule has 96 valence electrons. The van der Waals surface area contributed by atoms with E-state index in [0.29, 0.717) is 19.5 Å². The number of carboxylic acid groups (broad SMARTS) is 1. The van der Waals surface area contributed by atoms with Crippen LogP contribution in [0, 0.1) is 0 Å². The van der Waals surface area contributed by atoms with E-state index in [-0.39, 0.29) is 6.54 Å². The summed E-state index contributed by atoms with van der Waals surface area (Å²) in [5, 5.41) is 26.7. The zero-order valence-corrected chi connectivity index (χ0v) is 9.44. The fourth-order valence-electron chi connectivity index (χ4n) is 1.44. The van der Waals surface area contributed by atoms with E-state index in [0.717, 1.165) is 4.90 Å². The first-order valence-corrected chi connectivity index (χ1v) is 5.36. The molecule has 1 unspecified atom stereocenters. The van der Waals surface area contributed by atoms with Crippen LogP contribution in [0.5, 0.6) is 0 Å². The van der Waals surface area contributed by atoms with E-state index in [1.165, 1.54) is 0 Å². The number of aliphatic hydroxyl groups excluding tert-OH is 2. The van der Waals surface area contributed by atoms with E-state index >= 15 is 0 Å². The first kappa shape index (κ1) is 13.5. The van der Waals surface area contributed by atoms with Crippen molar-refractivity contribution in [2.24, 2.45) is 0 Å². The van der Waals surface area contributed by atoms with Crippen LogP contribution in [0.2, 0.25) is 0 Å². The number of aliphatic hydroxyl groups is 2. The van der Waals surface area contributed by atoms with Gasteiger partial charge in [-0.25, -0.2) is 9.78 Å². The van der Waals surface area contributed by atoms with E-state index in [9.17, 15) is 9.90 Å². The maximum Gasteiger partial charge on any atom is 0.407 e. The van der Waals surface area contributed by atoms with Gasteiger partial charge in [0.15, 0.2) is 0 Å². The van der Waals surface area contributed by atoms with Crippen LogP contribution in [0.3, 0.4) is 0 Å². The molecule has 0 aliphatic carbocycles. The van der Waals surface area contributed by atoms with Crippen molar-refractivity contribution in [1.82, 2.24) is 14.5 Å². The van der Waals surface area contributed by atoms with Gasteiger partial charge in [-0.2, -0.15) is 0 Å². The molecule has 0 aliphatic heterocycles. The molecule has 1 heterocycles. The van der Waals surface area contributed by atoms with Crippen LogP contribution in [-0.2, 0) is 6.54 Å². The Morgan fingerprint density at radius 1 is 1.53 bits per heavy atom. The number of aromatic nitrogens is 2. The van der Waals surface area contributed by atoms with Gasteiger partial charge in [0.1, 0.15) is 0 Å². The van der Waals surface area contributed by atoms with Crippen LogP contribution in [0.25, 0.3) is 0 Å². The van der Waals surface area contributed by atoms with Gasteiger partial charge >= 0.3 is 6.09 Å². The summed E-state index contributed by atoms with van der Waals surface area (Å²) in [4.78, 5) is 15.8. The van der Waals surface area contributed by atoms with Gasteiger partial charge in [-0.3, -0.25) is 0 Å². The molecule has 0 saturated heterocycles. The predicted molar refractivity (Wildman–Crippen MR) is 59.5 cm³/mol. The minimum Gasteiger partial charge on any atom is -0.465 e. The molecule has 1 atom stereocenters. The highest BCUT2D eigenvalue weighted by Gasteiger charge is 2.15. The molecule has 7 nitrogen and oxygen atoms in total. The van der Waals surface area contributed by atoms with Gasteiger partial charge in [-0.05, 0) is 6.42 Å². The first-order valence-electron chi connectivity index (χ1n) is 5.36. The van der Waals surface area contributed by atoms with E-state index in [4.69, 9.17) is 10.2 Å². The third kappa shape index (κ3) is 4.83. The Labute approximate surface area is 98.9 Å². The maximum absolute atomic E-state index is 10.9. The highest BCUT2D eigenvalue weighted by molar-refractivity contribution is 5.64. The van der Waals surface area contributed by atoms with Gasteiger partial charge in [-0.15, -0.1) is 0 Å². The second-order valence-electron chi connectivity index (χ2n) is 3.72. The zero-order valence-electron chi connectivity index (χ0n) is 9.44. The van der Waals surface area contributed by atoms with Crippen molar-refractivity contribution in [3.63, 3.8) is 0 Å². The third-order valence-corrected chi connectivity index (χ3v) is 2.32. The highest BCUT2D eigenvalue weighted by Crippen LogP contribution is 1.98. The summed E-state index contributed by atoms with van der Waals surface area (Å²) in [5.74, 6) is 0. The summed E-state index contributed by atoms with van der Waals surface area (Å²) < 4.78 is 1.85. The van der Waals surface area contributed by atoms with Crippen LogP contribution < -0.4 is 0 Å². The molecule has 0 bridgehead atoms. The molecule has 1 aromatic heterocycles. The van der Waals surface area contributed by atoms with Crippen molar-refractivity contribution in [2.45, 2.75) is 19.1 Å². The average Bonchev–Trinajstić information content (AvgIpc) is 2.80. The number of nitrogens with zero attached hydrogens (tertiary/aromatic N) is 3. The molecule has 7 heteroatoms. The fourth-order valence-corrected chi connectivity index (χ4v) is 1.44. The second-order valence-corrected chi connectivity index (χ2v) is 3.72. The van der Waals surface area contributed by atoms with Gasteiger partial charge in [0.05, 0.1) is 25.6 Å². The van der Waals surface area contributed by atoms with Crippen LogP contribution in [0.15, 0.2) is 18.7 Å². The Bertz CT molecular complexity index is 328. The second kappa shape index (κ2) is 6.87. The number of carbonyl (C=O) groups is 1. The molecule has 0 spiro atoms. The Kier molecular flexibility index (Phi) is 5.44. The van der Waals surface area contributed by atoms with Crippen molar-refractivity contribution < 1.29 is 20.1 Å².